The van der Waals surface area contributed by atoms with Crippen molar-refractivity contribution in [1.82, 2.24) is 4.90 Å². The second-order valence-electron chi connectivity index (χ2n) is 4.93. The van der Waals surface area contributed by atoms with Crippen LogP contribution in [-0.2, 0) is 16.1 Å². The average molecular weight is 264 g/mol. The molecule has 1 rings (SSSR count). The number of nitrogens with zero attached hydrogens (tertiary/aromatic N) is 1. The number of rotatable bonds is 7. The fourth-order valence-corrected chi connectivity index (χ4v) is 1.88. The van der Waals surface area contributed by atoms with E-state index in [0.717, 1.165) is 5.56 Å². The molecule has 1 aromatic rings. The Balaban J connectivity index is 2.69. The summed E-state index contributed by atoms with van der Waals surface area (Å²) in [7, 11) is 1.61. The fraction of sp³-hybridized carbons (Fsp3) is 0.533. The molecular weight excluding hydrogens is 240 g/mol. The molecule has 2 N–H and O–H groups in total. The van der Waals surface area contributed by atoms with Crippen LogP contribution in [0, 0.1) is 0 Å². The van der Waals surface area contributed by atoms with E-state index < -0.39 is 6.04 Å². The number of methoxy groups -OCH3 is 1. The maximum atomic E-state index is 12.3. The first kappa shape index (κ1) is 15.7. The van der Waals surface area contributed by atoms with Crippen LogP contribution < -0.4 is 5.73 Å². The van der Waals surface area contributed by atoms with E-state index in [1.165, 1.54) is 0 Å². The maximum absolute atomic E-state index is 12.3. The van der Waals surface area contributed by atoms with E-state index in [0.29, 0.717) is 19.6 Å². The molecule has 4 nitrogen and oxygen atoms in total. The molecule has 0 radical (unpaired) electrons. The Morgan fingerprint density at radius 3 is 2.47 bits per heavy atom. The summed E-state index contributed by atoms with van der Waals surface area (Å²) < 4.78 is 4.97. The SMILES string of the molecule is COCCC(N)C(=O)N(Cc1ccccc1)C(C)C. The van der Waals surface area contributed by atoms with Crippen LogP contribution in [0.1, 0.15) is 25.8 Å². The number of benzene rings is 1. The Kier molecular flexibility index (Phi) is 6.53. The number of hydrogen-bond acceptors (Lipinski definition) is 3. The van der Waals surface area contributed by atoms with Gasteiger partial charge < -0.3 is 15.4 Å². The van der Waals surface area contributed by atoms with Crippen molar-refractivity contribution >= 4 is 5.91 Å². The summed E-state index contributed by atoms with van der Waals surface area (Å²) in [6.07, 6.45) is 0.549. The highest BCUT2D eigenvalue weighted by molar-refractivity contribution is 5.81. The topological polar surface area (TPSA) is 55.6 Å². The van der Waals surface area contributed by atoms with Gasteiger partial charge in [0.1, 0.15) is 0 Å². The summed E-state index contributed by atoms with van der Waals surface area (Å²) >= 11 is 0. The lowest BCUT2D eigenvalue weighted by molar-refractivity contribution is -0.135. The zero-order valence-electron chi connectivity index (χ0n) is 12.0. The summed E-state index contributed by atoms with van der Waals surface area (Å²) in [6.45, 7) is 5.11. The number of nitrogens with two attached hydrogens (primary N) is 1. The fourth-order valence-electron chi connectivity index (χ4n) is 1.88. The van der Waals surface area contributed by atoms with Gasteiger partial charge in [0.2, 0.25) is 5.91 Å². The second-order valence-corrected chi connectivity index (χ2v) is 4.93. The normalized spacial score (nSPS) is 12.5. The Labute approximate surface area is 115 Å². The average Bonchev–Trinajstić information content (AvgIpc) is 2.42. The number of ether oxygens (including phenoxy) is 1. The van der Waals surface area contributed by atoms with Crippen LogP contribution in [0.2, 0.25) is 0 Å². The van der Waals surface area contributed by atoms with Gasteiger partial charge >= 0.3 is 0 Å². The van der Waals surface area contributed by atoms with E-state index in [9.17, 15) is 4.79 Å². The molecule has 0 heterocycles. The third-order valence-corrected chi connectivity index (χ3v) is 3.05. The summed E-state index contributed by atoms with van der Waals surface area (Å²) in [5.41, 5.74) is 7.04. The quantitative estimate of drug-likeness (QED) is 0.817. The highest BCUT2D eigenvalue weighted by atomic mass is 16.5. The molecule has 0 aliphatic rings. The molecule has 4 heteroatoms. The van der Waals surface area contributed by atoms with E-state index in [2.05, 4.69) is 0 Å². The Morgan fingerprint density at radius 2 is 1.95 bits per heavy atom. The van der Waals surface area contributed by atoms with E-state index in [1.54, 1.807) is 7.11 Å². The van der Waals surface area contributed by atoms with Crippen LogP contribution in [0.3, 0.4) is 0 Å². The minimum atomic E-state index is -0.494. The van der Waals surface area contributed by atoms with Crippen LogP contribution in [0.4, 0.5) is 0 Å². The second kappa shape index (κ2) is 7.92. The van der Waals surface area contributed by atoms with Gasteiger partial charge in [0.15, 0.2) is 0 Å². The van der Waals surface area contributed by atoms with Crippen molar-refractivity contribution in [2.75, 3.05) is 13.7 Å². The highest BCUT2D eigenvalue weighted by Gasteiger charge is 2.23. The first-order valence-corrected chi connectivity index (χ1v) is 6.65. The molecule has 0 aliphatic heterocycles. The van der Waals surface area contributed by atoms with Gasteiger partial charge in [0, 0.05) is 26.3 Å². The van der Waals surface area contributed by atoms with Gasteiger partial charge in [-0.05, 0) is 25.8 Å². The number of carbonyl (C=O) groups excluding carboxylic acids is 1. The molecule has 1 amide bonds. The van der Waals surface area contributed by atoms with Crippen molar-refractivity contribution in [3.63, 3.8) is 0 Å². The van der Waals surface area contributed by atoms with Crippen molar-refractivity contribution in [3.05, 3.63) is 35.9 Å². The van der Waals surface area contributed by atoms with Crippen molar-refractivity contribution in [1.29, 1.82) is 0 Å². The lowest BCUT2D eigenvalue weighted by Gasteiger charge is -2.29. The summed E-state index contributed by atoms with van der Waals surface area (Å²) in [5, 5.41) is 0. The van der Waals surface area contributed by atoms with Crippen LogP contribution in [-0.4, -0.2) is 36.6 Å². The maximum Gasteiger partial charge on any atom is 0.240 e. The van der Waals surface area contributed by atoms with E-state index in [4.69, 9.17) is 10.5 Å². The zero-order chi connectivity index (χ0) is 14.3. The van der Waals surface area contributed by atoms with Gasteiger partial charge in [-0.2, -0.15) is 0 Å². The molecule has 0 fully saturated rings. The summed E-state index contributed by atoms with van der Waals surface area (Å²) in [6, 6.07) is 9.58. The lowest BCUT2D eigenvalue weighted by atomic mass is 10.1. The van der Waals surface area contributed by atoms with Crippen molar-refractivity contribution in [3.8, 4) is 0 Å². The largest absolute Gasteiger partial charge is 0.385 e. The Bertz CT molecular complexity index is 379. The van der Waals surface area contributed by atoms with E-state index >= 15 is 0 Å². The molecule has 1 aromatic carbocycles. The molecule has 0 spiro atoms. The molecule has 106 valence electrons. The Hall–Kier alpha value is -1.39. The van der Waals surface area contributed by atoms with Gasteiger partial charge in [0.05, 0.1) is 6.04 Å². The van der Waals surface area contributed by atoms with Crippen molar-refractivity contribution < 1.29 is 9.53 Å². The molecule has 19 heavy (non-hydrogen) atoms. The zero-order valence-corrected chi connectivity index (χ0v) is 12.0. The molecule has 1 unspecified atom stereocenters. The standard InChI is InChI=1S/C15H24N2O2/c1-12(2)17(11-13-7-5-4-6-8-13)15(18)14(16)9-10-19-3/h4-8,12,14H,9-11,16H2,1-3H3. The molecular formula is C15H24N2O2. The van der Waals surface area contributed by atoms with Gasteiger partial charge in [0.25, 0.3) is 0 Å². The lowest BCUT2D eigenvalue weighted by Crippen LogP contribution is -2.46. The monoisotopic (exact) mass is 264 g/mol. The van der Waals surface area contributed by atoms with Crippen LogP contribution in [0.15, 0.2) is 30.3 Å². The molecule has 0 saturated carbocycles. The molecule has 0 saturated heterocycles. The van der Waals surface area contributed by atoms with Gasteiger partial charge in [-0.15, -0.1) is 0 Å². The number of carbonyl (C=O) groups is 1. The minimum Gasteiger partial charge on any atom is -0.385 e. The molecule has 0 aliphatic carbocycles. The van der Waals surface area contributed by atoms with Crippen LogP contribution >= 0.6 is 0 Å². The molecule has 0 bridgehead atoms. The van der Waals surface area contributed by atoms with E-state index in [1.807, 2.05) is 49.1 Å². The molecule has 0 aromatic heterocycles. The van der Waals surface area contributed by atoms with Gasteiger partial charge in [-0.25, -0.2) is 0 Å². The predicted octanol–water partition coefficient (Wildman–Crippen LogP) is 1.79. The minimum absolute atomic E-state index is 0.0177. The highest BCUT2D eigenvalue weighted by Crippen LogP contribution is 2.10. The first-order valence-electron chi connectivity index (χ1n) is 6.65. The van der Waals surface area contributed by atoms with Gasteiger partial charge in [-0.1, -0.05) is 30.3 Å². The van der Waals surface area contributed by atoms with Crippen LogP contribution in [0.25, 0.3) is 0 Å². The Morgan fingerprint density at radius 1 is 1.32 bits per heavy atom. The smallest absolute Gasteiger partial charge is 0.240 e. The number of amides is 1. The molecule has 1 atom stereocenters. The van der Waals surface area contributed by atoms with Crippen LogP contribution in [0.5, 0.6) is 0 Å². The van der Waals surface area contributed by atoms with E-state index in [-0.39, 0.29) is 11.9 Å². The number of hydrogen-bond donors (Lipinski definition) is 1. The van der Waals surface area contributed by atoms with Crippen molar-refractivity contribution in [2.24, 2.45) is 5.73 Å². The third-order valence-electron chi connectivity index (χ3n) is 3.05. The summed E-state index contributed by atoms with van der Waals surface area (Å²) in [5.74, 6) is -0.0177. The first-order chi connectivity index (χ1) is 9.06. The summed E-state index contributed by atoms with van der Waals surface area (Å²) in [4.78, 5) is 14.2. The van der Waals surface area contributed by atoms with Gasteiger partial charge in [-0.3, -0.25) is 4.79 Å². The third kappa shape index (κ3) is 5.01. The van der Waals surface area contributed by atoms with Crippen molar-refractivity contribution in [2.45, 2.75) is 38.9 Å². The predicted molar refractivity (Wildman–Crippen MR) is 76.6 cm³/mol.